The molecule has 0 saturated carbocycles. The Kier molecular flexibility index (Phi) is 6.98. The first-order chi connectivity index (χ1) is 18.0. The quantitative estimate of drug-likeness (QED) is 0.507. The third-order valence-electron chi connectivity index (χ3n) is 8.58. The van der Waals surface area contributed by atoms with E-state index in [1.165, 1.54) is 5.56 Å². The fraction of sp³-hybridized carbons (Fsp3) is 0.593. The molecule has 9 nitrogen and oxygen atoms in total. The van der Waals surface area contributed by atoms with Gasteiger partial charge in [-0.15, -0.1) is 0 Å². The molecule has 198 valence electrons. The van der Waals surface area contributed by atoms with Crippen molar-refractivity contribution in [1.29, 1.82) is 0 Å². The molecule has 1 amide bonds. The molecular formula is C27H35BrN6O3. The van der Waals surface area contributed by atoms with Crippen molar-refractivity contribution in [1.82, 2.24) is 20.2 Å². The molecule has 0 radical (unpaired) electrons. The first-order valence-corrected chi connectivity index (χ1v) is 14.4. The lowest BCUT2D eigenvalue weighted by Gasteiger charge is -2.39. The predicted molar refractivity (Wildman–Crippen MR) is 147 cm³/mol. The standard InChI is InChI=1S/C27H35BrN6O3/c28-22-19(24(35)29-9-12-33-13-15-37-16-14-33)5-6-20-23(22)30-17-27(20)7-10-34(11-8-27)26-31-21-4-2-1-3-18(21)25(36)32-26/h5-6,30H,1-4,7-17H2,(H,29,35)(H,31,32,36). The summed E-state index contributed by atoms with van der Waals surface area (Å²) in [6.07, 6.45) is 5.85. The van der Waals surface area contributed by atoms with Crippen LogP contribution in [0.3, 0.4) is 0 Å². The molecule has 1 aromatic carbocycles. The van der Waals surface area contributed by atoms with E-state index in [2.05, 4.69) is 47.4 Å². The molecule has 2 saturated heterocycles. The summed E-state index contributed by atoms with van der Waals surface area (Å²) in [7, 11) is 0. The lowest BCUT2D eigenvalue weighted by Crippen LogP contribution is -2.45. The summed E-state index contributed by atoms with van der Waals surface area (Å²) in [5.41, 5.74) is 4.89. The van der Waals surface area contributed by atoms with E-state index in [1.807, 2.05) is 6.07 Å². The molecule has 4 heterocycles. The number of nitrogens with one attached hydrogen (secondary N) is 3. The number of aromatic amines is 1. The second-order valence-corrected chi connectivity index (χ2v) is 11.5. The number of amides is 1. The van der Waals surface area contributed by atoms with E-state index in [0.717, 1.165) is 118 Å². The molecule has 0 bridgehead atoms. The topological polar surface area (TPSA) is 103 Å². The summed E-state index contributed by atoms with van der Waals surface area (Å²) in [5.74, 6) is 0.667. The summed E-state index contributed by atoms with van der Waals surface area (Å²) in [6, 6.07) is 4.09. The van der Waals surface area contributed by atoms with Crippen LogP contribution in [-0.4, -0.2) is 79.8 Å². The molecule has 37 heavy (non-hydrogen) atoms. The van der Waals surface area contributed by atoms with Gasteiger partial charge in [-0.3, -0.25) is 19.5 Å². The normalized spacial score (nSPS) is 20.8. The Bertz CT molecular complexity index is 1230. The molecule has 2 aromatic rings. The van der Waals surface area contributed by atoms with Crippen LogP contribution in [0.2, 0.25) is 0 Å². The van der Waals surface area contributed by atoms with Gasteiger partial charge in [-0.2, -0.15) is 0 Å². The van der Waals surface area contributed by atoms with Crippen LogP contribution in [0.4, 0.5) is 11.6 Å². The van der Waals surface area contributed by atoms with Crippen LogP contribution in [0.15, 0.2) is 21.4 Å². The highest BCUT2D eigenvalue weighted by molar-refractivity contribution is 9.10. The number of benzene rings is 1. The van der Waals surface area contributed by atoms with Crippen molar-refractivity contribution in [3.63, 3.8) is 0 Å². The van der Waals surface area contributed by atoms with Crippen molar-refractivity contribution in [2.24, 2.45) is 0 Å². The average molecular weight is 572 g/mol. The number of halogens is 1. The molecule has 4 aliphatic rings. The molecule has 1 aromatic heterocycles. The van der Waals surface area contributed by atoms with Crippen molar-refractivity contribution in [3.05, 3.63) is 49.3 Å². The van der Waals surface area contributed by atoms with Gasteiger partial charge in [0.1, 0.15) is 0 Å². The molecule has 3 aliphatic heterocycles. The van der Waals surface area contributed by atoms with Crippen molar-refractivity contribution in [2.75, 3.05) is 69.2 Å². The first-order valence-electron chi connectivity index (χ1n) is 13.6. The third-order valence-corrected chi connectivity index (χ3v) is 9.40. The van der Waals surface area contributed by atoms with Gasteiger partial charge in [-0.1, -0.05) is 6.07 Å². The maximum Gasteiger partial charge on any atom is 0.255 e. The second-order valence-electron chi connectivity index (χ2n) is 10.7. The second kappa shape index (κ2) is 10.4. The first kappa shape index (κ1) is 24.9. The van der Waals surface area contributed by atoms with Gasteiger partial charge < -0.3 is 20.3 Å². The fourth-order valence-corrected chi connectivity index (χ4v) is 6.97. The van der Waals surface area contributed by atoms with Crippen LogP contribution in [0.25, 0.3) is 0 Å². The Hall–Kier alpha value is -2.43. The number of anilines is 2. The van der Waals surface area contributed by atoms with E-state index in [4.69, 9.17) is 9.72 Å². The van der Waals surface area contributed by atoms with Gasteiger partial charge in [-0.25, -0.2) is 4.98 Å². The fourth-order valence-electron chi connectivity index (χ4n) is 6.30. The highest BCUT2D eigenvalue weighted by Crippen LogP contribution is 2.47. The number of piperidine rings is 1. The van der Waals surface area contributed by atoms with Crippen LogP contribution >= 0.6 is 15.9 Å². The molecular weight excluding hydrogens is 536 g/mol. The molecule has 3 N–H and O–H groups in total. The van der Waals surface area contributed by atoms with Gasteiger partial charge in [0.15, 0.2) is 0 Å². The van der Waals surface area contributed by atoms with E-state index in [9.17, 15) is 9.59 Å². The number of nitrogens with zero attached hydrogens (tertiary/aromatic N) is 3. The van der Waals surface area contributed by atoms with E-state index >= 15 is 0 Å². The molecule has 1 aliphatic carbocycles. The van der Waals surface area contributed by atoms with Gasteiger partial charge in [-0.05, 0) is 66.1 Å². The minimum atomic E-state index is -0.0528. The van der Waals surface area contributed by atoms with Crippen molar-refractivity contribution < 1.29 is 9.53 Å². The maximum atomic E-state index is 12.9. The van der Waals surface area contributed by atoms with Gasteiger partial charge in [0.25, 0.3) is 11.5 Å². The van der Waals surface area contributed by atoms with Gasteiger partial charge in [0.05, 0.1) is 34.6 Å². The number of rotatable bonds is 5. The summed E-state index contributed by atoms with van der Waals surface area (Å²) in [5, 5.41) is 6.67. The summed E-state index contributed by atoms with van der Waals surface area (Å²) < 4.78 is 6.23. The molecule has 6 rings (SSSR count). The van der Waals surface area contributed by atoms with E-state index < -0.39 is 0 Å². The number of H-pyrrole nitrogens is 1. The van der Waals surface area contributed by atoms with Crippen LogP contribution in [0.1, 0.15) is 52.9 Å². The molecule has 0 unspecified atom stereocenters. The minimum absolute atomic E-state index is 0.0220. The van der Waals surface area contributed by atoms with Crippen molar-refractivity contribution in [3.8, 4) is 0 Å². The Morgan fingerprint density at radius 1 is 1.14 bits per heavy atom. The van der Waals surface area contributed by atoms with Crippen LogP contribution in [0.5, 0.6) is 0 Å². The van der Waals surface area contributed by atoms with Crippen LogP contribution < -0.4 is 21.1 Å². The van der Waals surface area contributed by atoms with E-state index in [0.29, 0.717) is 12.1 Å². The molecule has 0 atom stereocenters. The minimum Gasteiger partial charge on any atom is -0.383 e. The van der Waals surface area contributed by atoms with E-state index in [-0.39, 0.29) is 16.9 Å². The number of hydrogen-bond acceptors (Lipinski definition) is 7. The van der Waals surface area contributed by atoms with Gasteiger partial charge >= 0.3 is 0 Å². The van der Waals surface area contributed by atoms with Gasteiger partial charge in [0.2, 0.25) is 5.95 Å². The molecule has 1 spiro atoms. The number of ether oxygens (including phenoxy) is 1. The zero-order valence-electron chi connectivity index (χ0n) is 21.2. The number of aryl methyl sites for hydroxylation is 1. The number of morpholine rings is 1. The Morgan fingerprint density at radius 3 is 2.73 bits per heavy atom. The van der Waals surface area contributed by atoms with Gasteiger partial charge in [0, 0.05) is 56.8 Å². The average Bonchev–Trinajstić information content (AvgIpc) is 3.28. The molecule has 10 heteroatoms. The lowest BCUT2D eigenvalue weighted by atomic mass is 9.74. The smallest absolute Gasteiger partial charge is 0.255 e. The van der Waals surface area contributed by atoms with Crippen LogP contribution in [0, 0.1) is 0 Å². The Balaban J connectivity index is 1.12. The predicted octanol–water partition coefficient (Wildman–Crippen LogP) is 2.44. The maximum absolute atomic E-state index is 12.9. The highest BCUT2D eigenvalue weighted by Gasteiger charge is 2.43. The SMILES string of the molecule is O=C(NCCN1CCOCC1)c1ccc2c(c1Br)NCC21CCN(c2nc3c(c(=O)[nH]2)CCCC3)CC1. The Labute approximate surface area is 225 Å². The highest BCUT2D eigenvalue weighted by atomic mass is 79.9. The monoisotopic (exact) mass is 570 g/mol. The zero-order chi connectivity index (χ0) is 25.4. The van der Waals surface area contributed by atoms with E-state index in [1.54, 1.807) is 0 Å². The third kappa shape index (κ3) is 4.79. The Morgan fingerprint density at radius 2 is 1.92 bits per heavy atom. The number of carbonyl (C=O) groups excluding carboxylic acids is 1. The summed E-state index contributed by atoms with van der Waals surface area (Å²) in [4.78, 5) is 38.0. The number of aromatic nitrogens is 2. The number of carbonyl (C=O) groups is 1. The van der Waals surface area contributed by atoms with Crippen LogP contribution in [-0.2, 0) is 23.0 Å². The zero-order valence-corrected chi connectivity index (χ0v) is 22.8. The largest absolute Gasteiger partial charge is 0.383 e. The summed E-state index contributed by atoms with van der Waals surface area (Å²) >= 11 is 3.73. The summed E-state index contributed by atoms with van der Waals surface area (Å²) in [6.45, 7) is 7.34. The van der Waals surface area contributed by atoms with Crippen molar-refractivity contribution in [2.45, 2.75) is 43.9 Å². The lowest BCUT2D eigenvalue weighted by molar-refractivity contribution is 0.0383. The molecule has 2 fully saturated rings. The number of hydrogen-bond donors (Lipinski definition) is 3. The number of fused-ring (bicyclic) bond motifs is 3. The van der Waals surface area contributed by atoms with Crippen molar-refractivity contribution >= 4 is 33.5 Å².